The highest BCUT2D eigenvalue weighted by molar-refractivity contribution is 5.66. The van der Waals surface area contributed by atoms with E-state index < -0.39 is 5.97 Å². The molecule has 4 heteroatoms. The Balaban J connectivity index is 3.38. The first-order chi connectivity index (χ1) is 13.6. The molecule has 0 aromatic carbocycles. The number of carbonyl (C=O) groups is 1. The maximum absolute atomic E-state index is 10.4. The lowest BCUT2D eigenvalue weighted by molar-refractivity contribution is -0.137. The first kappa shape index (κ1) is 27.1. The van der Waals surface area contributed by atoms with Gasteiger partial charge in [-0.15, -0.1) is 0 Å². The molecule has 0 amide bonds. The van der Waals surface area contributed by atoms with E-state index >= 15 is 0 Å². The molecule has 2 atom stereocenters. The number of unbranched alkanes of at least 4 members (excludes halogenated alkanes) is 11. The van der Waals surface area contributed by atoms with Gasteiger partial charge >= 0.3 is 5.97 Å². The minimum Gasteiger partial charge on any atom is -0.481 e. The average molecular weight is 399 g/mol. The van der Waals surface area contributed by atoms with Crippen LogP contribution in [0.3, 0.4) is 0 Å². The first-order valence-electron chi connectivity index (χ1n) is 11.8. The number of rotatable bonds is 21. The van der Waals surface area contributed by atoms with Crippen LogP contribution in [-0.2, 0) is 4.79 Å². The van der Waals surface area contributed by atoms with Gasteiger partial charge in [0.05, 0.1) is 12.2 Å². The molecular weight excluding hydrogens is 352 g/mol. The Hall–Kier alpha value is -0.870. The SMILES string of the molecule is CCCCCCC=CCC(O)CCC(O)CCCCCCCCCCC(=O)O. The molecule has 0 radical (unpaired) electrons. The number of allylic oxidation sites excluding steroid dienone is 1. The zero-order valence-corrected chi connectivity index (χ0v) is 18.3. The van der Waals surface area contributed by atoms with Crippen molar-refractivity contribution in [1.82, 2.24) is 0 Å². The van der Waals surface area contributed by atoms with E-state index in [1.165, 1.54) is 44.9 Å². The quantitative estimate of drug-likeness (QED) is 0.155. The summed E-state index contributed by atoms with van der Waals surface area (Å²) in [6.07, 6.45) is 21.8. The fraction of sp³-hybridized carbons (Fsp3) is 0.875. The maximum Gasteiger partial charge on any atom is 0.303 e. The topological polar surface area (TPSA) is 77.8 Å². The monoisotopic (exact) mass is 398 g/mol. The van der Waals surface area contributed by atoms with Gasteiger partial charge in [0.25, 0.3) is 0 Å². The molecule has 4 nitrogen and oxygen atoms in total. The summed E-state index contributed by atoms with van der Waals surface area (Å²) in [6.45, 7) is 2.22. The van der Waals surface area contributed by atoms with Crippen molar-refractivity contribution >= 4 is 5.97 Å². The van der Waals surface area contributed by atoms with Gasteiger partial charge in [0.15, 0.2) is 0 Å². The van der Waals surface area contributed by atoms with E-state index in [1.54, 1.807) is 0 Å². The third-order valence-electron chi connectivity index (χ3n) is 5.31. The number of hydrogen-bond donors (Lipinski definition) is 3. The van der Waals surface area contributed by atoms with Crippen LogP contribution in [0.1, 0.15) is 122 Å². The van der Waals surface area contributed by atoms with Crippen LogP contribution >= 0.6 is 0 Å². The van der Waals surface area contributed by atoms with Gasteiger partial charge in [0.1, 0.15) is 0 Å². The minimum atomic E-state index is -0.694. The van der Waals surface area contributed by atoms with Gasteiger partial charge in [-0.3, -0.25) is 4.79 Å². The molecule has 166 valence electrons. The highest BCUT2D eigenvalue weighted by atomic mass is 16.4. The van der Waals surface area contributed by atoms with E-state index in [0.29, 0.717) is 25.7 Å². The van der Waals surface area contributed by atoms with Gasteiger partial charge in [-0.2, -0.15) is 0 Å². The summed E-state index contributed by atoms with van der Waals surface area (Å²) >= 11 is 0. The predicted octanol–water partition coefficient (Wildman–Crippen LogP) is 6.39. The lowest BCUT2D eigenvalue weighted by atomic mass is 10.0. The van der Waals surface area contributed by atoms with Crippen LogP contribution in [0.5, 0.6) is 0 Å². The molecule has 0 saturated heterocycles. The second-order valence-electron chi connectivity index (χ2n) is 8.20. The third kappa shape index (κ3) is 21.4. The van der Waals surface area contributed by atoms with Crippen molar-refractivity contribution in [2.75, 3.05) is 0 Å². The van der Waals surface area contributed by atoms with Crippen LogP contribution in [-0.4, -0.2) is 33.5 Å². The summed E-state index contributed by atoms with van der Waals surface area (Å²) in [5.74, 6) is -0.694. The lowest BCUT2D eigenvalue weighted by Crippen LogP contribution is -2.12. The van der Waals surface area contributed by atoms with Gasteiger partial charge in [-0.05, 0) is 44.9 Å². The zero-order chi connectivity index (χ0) is 20.9. The molecule has 0 fully saturated rings. The van der Waals surface area contributed by atoms with Gasteiger partial charge in [0, 0.05) is 6.42 Å². The van der Waals surface area contributed by atoms with E-state index in [2.05, 4.69) is 19.1 Å². The summed E-state index contributed by atoms with van der Waals surface area (Å²) in [5, 5.41) is 28.6. The van der Waals surface area contributed by atoms with Gasteiger partial charge in [-0.25, -0.2) is 0 Å². The van der Waals surface area contributed by atoms with Crippen molar-refractivity contribution < 1.29 is 20.1 Å². The molecule has 0 bridgehead atoms. The lowest BCUT2D eigenvalue weighted by Gasteiger charge is -2.13. The Morgan fingerprint density at radius 2 is 1.29 bits per heavy atom. The van der Waals surface area contributed by atoms with E-state index in [0.717, 1.165) is 44.9 Å². The molecular formula is C24H46O4. The zero-order valence-electron chi connectivity index (χ0n) is 18.3. The van der Waals surface area contributed by atoms with Crippen molar-refractivity contribution in [3.8, 4) is 0 Å². The molecule has 0 aromatic rings. The Morgan fingerprint density at radius 3 is 1.93 bits per heavy atom. The maximum atomic E-state index is 10.4. The van der Waals surface area contributed by atoms with Crippen molar-refractivity contribution in [3.63, 3.8) is 0 Å². The highest BCUT2D eigenvalue weighted by Crippen LogP contribution is 2.14. The van der Waals surface area contributed by atoms with Gasteiger partial charge < -0.3 is 15.3 Å². The predicted molar refractivity (Wildman–Crippen MR) is 118 cm³/mol. The summed E-state index contributed by atoms with van der Waals surface area (Å²) in [7, 11) is 0. The van der Waals surface area contributed by atoms with Gasteiger partial charge in [0.2, 0.25) is 0 Å². The number of hydrogen-bond acceptors (Lipinski definition) is 3. The molecule has 0 spiro atoms. The van der Waals surface area contributed by atoms with Gasteiger partial charge in [-0.1, -0.05) is 83.3 Å². The van der Waals surface area contributed by atoms with Crippen LogP contribution in [0.25, 0.3) is 0 Å². The normalized spacial score (nSPS) is 13.8. The Morgan fingerprint density at radius 1 is 0.714 bits per heavy atom. The van der Waals surface area contributed by atoms with E-state index in [4.69, 9.17) is 5.11 Å². The fourth-order valence-corrected chi connectivity index (χ4v) is 3.42. The molecule has 0 heterocycles. The number of carboxylic acids is 1. The molecule has 0 aromatic heterocycles. The van der Waals surface area contributed by atoms with E-state index in [-0.39, 0.29) is 12.2 Å². The second kappa shape index (κ2) is 20.9. The smallest absolute Gasteiger partial charge is 0.303 e. The summed E-state index contributed by atoms with van der Waals surface area (Å²) in [5.41, 5.74) is 0. The Kier molecular flexibility index (Phi) is 20.2. The summed E-state index contributed by atoms with van der Waals surface area (Å²) in [6, 6.07) is 0. The highest BCUT2D eigenvalue weighted by Gasteiger charge is 2.08. The second-order valence-corrected chi connectivity index (χ2v) is 8.20. The third-order valence-corrected chi connectivity index (χ3v) is 5.31. The minimum absolute atomic E-state index is 0.288. The molecule has 0 rings (SSSR count). The van der Waals surface area contributed by atoms with Crippen molar-refractivity contribution in [3.05, 3.63) is 12.2 Å². The molecule has 0 aliphatic carbocycles. The number of aliphatic hydroxyl groups is 2. The van der Waals surface area contributed by atoms with Crippen molar-refractivity contribution in [2.45, 2.75) is 135 Å². The van der Waals surface area contributed by atoms with Crippen LogP contribution in [0.4, 0.5) is 0 Å². The largest absolute Gasteiger partial charge is 0.481 e. The fourth-order valence-electron chi connectivity index (χ4n) is 3.42. The van der Waals surface area contributed by atoms with E-state index in [9.17, 15) is 15.0 Å². The van der Waals surface area contributed by atoms with Crippen molar-refractivity contribution in [1.29, 1.82) is 0 Å². The first-order valence-corrected chi connectivity index (χ1v) is 11.8. The van der Waals surface area contributed by atoms with Crippen LogP contribution in [0.2, 0.25) is 0 Å². The van der Waals surface area contributed by atoms with Crippen LogP contribution in [0, 0.1) is 0 Å². The molecule has 28 heavy (non-hydrogen) atoms. The molecule has 3 N–H and O–H groups in total. The van der Waals surface area contributed by atoms with Crippen LogP contribution < -0.4 is 0 Å². The molecule has 0 aliphatic heterocycles. The number of carboxylic acid groups (broad SMARTS) is 1. The van der Waals surface area contributed by atoms with Crippen molar-refractivity contribution in [2.24, 2.45) is 0 Å². The number of aliphatic carboxylic acids is 1. The Labute approximate surface area is 173 Å². The average Bonchev–Trinajstić information content (AvgIpc) is 2.66. The van der Waals surface area contributed by atoms with E-state index in [1.807, 2.05) is 0 Å². The molecule has 2 unspecified atom stereocenters. The standard InChI is InChI=1S/C24H46O4/c1-2-3-4-5-8-11-14-17-22(25)20-21-23(26)18-15-12-9-6-7-10-13-16-19-24(27)28/h11,14,22-23,25-26H,2-10,12-13,15-21H2,1H3,(H,27,28). The molecule has 0 aliphatic rings. The number of aliphatic hydroxyl groups excluding tert-OH is 2. The summed E-state index contributed by atoms with van der Waals surface area (Å²) in [4.78, 5) is 10.4. The Bertz CT molecular complexity index is 368. The van der Waals surface area contributed by atoms with Crippen LogP contribution in [0.15, 0.2) is 12.2 Å². The molecule has 0 saturated carbocycles. The summed E-state index contributed by atoms with van der Waals surface area (Å²) < 4.78 is 0.